The molecule has 1 aromatic rings. The summed E-state index contributed by atoms with van der Waals surface area (Å²) < 4.78 is 5.69. The van der Waals surface area contributed by atoms with E-state index in [-0.39, 0.29) is 5.75 Å². The third-order valence-electron chi connectivity index (χ3n) is 3.03. The van der Waals surface area contributed by atoms with Gasteiger partial charge in [0.05, 0.1) is 6.61 Å². The maximum Gasteiger partial charge on any atom is 0.122 e. The number of aromatic hydroxyl groups is 1. The van der Waals surface area contributed by atoms with Gasteiger partial charge < -0.3 is 14.7 Å². The van der Waals surface area contributed by atoms with E-state index in [1.165, 1.54) is 19.4 Å². The molecule has 1 aromatic carbocycles. The van der Waals surface area contributed by atoms with E-state index in [1.807, 2.05) is 6.07 Å². The molecule has 0 saturated carbocycles. The zero-order valence-corrected chi connectivity index (χ0v) is 9.72. The van der Waals surface area contributed by atoms with E-state index < -0.39 is 0 Å². The van der Waals surface area contributed by atoms with Gasteiger partial charge in [-0.1, -0.05) is 6.07 Å². The zero-order chi connectivity index (χ0) is 11.4. The maximum absolute atomic E-state index is 9.30. The highest BCUT2D eigenvalue weighted by Gasteiger charge is 2.17. The molecule has 0 spiro atoms. The standard InChI is InChI=1S/C13H19NO2/c1-14-7-3-4-11(9-14)10-16-13-6-2-5-12(15)8-13/h2,5-6,8,11,15H,3-4,7,9-10H2,1H3/t11-/m0/s1. The Morgan fingerprint density at radius 1 is 1.50 bits per heavy atom. The molecule has 0 amide bonds. The van der Waals surface area contributed by atoms with Crippen LogP contribution in [0, 0.1) is 5.92 Å². The fourth-order valence-corrected chi connectivity index (χ4v) is 2.20. The number of likely N-dealkylation sites (tertiary alicyclic amines) is 1. The second-order valence-electron chi connectivity index (χ2n) is 4.58. The average molecular weight is 221 g/mol. The quantitative estimate of drug-likeness (QED) is 0.848. The Balaban J connectivity index is 1.82. The topological polar surface area (TPSA) is 32.7 Å². The fourth-order valence-electron chi connectivity index (χ4n) is 2.20. The summed E-state index contributed by atoms with van der Waals surface area (Å²) in [5, 5.41) is 9.30. The number of hydrogen-bond acceptors (Lipinski definition) is 3. The summed E-state index contributed by atoms with van der Waals surface area (Å²) in [5.41, 5.74) is 0. The Hall–Kier alpha value is -1.22. The smallest absolute Gasteiger partial charge is 0.122 e. The molecule has 16 heavy (non-hydrogen) atoms. The highest BCUT2D eigenvalue weighted by molar-refractivity contribution is 5.31. The van der Waals surface area contributed by atoms with Crippen LogP contribution >= 0.6 is 0 Å². The average Bonchev–Trinajstić information content (AvgIpc) is 2.27. The summed E-state index contributed by atoms with van der Waals surface area (Å²) in [4.78, 5) is 2.35. The predicted molar refractivity (Wildman–Crippen MR) is 63.8 cm³/mol. The van der Waals surface area contributed by atoms with Crippen molar-refractivity contribution in [3.05, 3.63) is 24.3 Å². The monoisotopic (exact) mass is 221 g/mol. The van der Waals surface area contributed by atoms with E-state index >= 15 is 0 Å². The molecule has 3 heteroatoms. The van der Waals surface area contributed by atoms with E-state index in [1.54, 1.807) is 18.2 Å². The first kappa shape index (κ1) is 11.3. The molecule has 1 saturated heterocycles. The number of piperidine rings is 1. The maximum atomic E-state index is 9.30. The Bertz CT molecular complexity index is 340. The lowest BCUT2D eigenvalue weighted by Crippen LogP contribution is -2.34. The van der Waals surface area contributed by atoms with Crippen molar-refractivity contribution in [1.82, 2.24) is 4.90 Å². The van der Waals surface area contributed by atoms with Crippen molar-refractivity contribution in [1.29, 1.82) is 0 Å². The van der Waals surface area contributed by atoms with Gasteiger partial charge in [-0.3, -0.25) is 0 Å². The van der Waals surface area contributed by atoms with Crippen molar-refractivity contribution >= 4 is 0 Å². The van der Waals surface area contributed by atoms with Gasteiger partial charge in [-0.05, 0) is 38.6 Å². The third kappa shape index (κ3) is 3.14. The van der Waals surface area contributed by atoms with Crippen LogP contribution in [0.5, 0.6) is 11.5 Å². The van der Waals surface area contributed by atoms with Crippen LogP contribution in [0.1, 0.15) is 12.8 Å². The van der Waals surface area contributed by atoms with Crippen molar-refractivity contribution in [3.63, 3.8) is 0 Å². The third-order valence-corrected chi connectivity index (χ3v) is 3.03. The molecule has 2 rings (SSSR count). The number of phenolic OH excluding ortho intramolecular Hbond substituents is 1. The number of phenols is 1. The highest BCUT2D eigenvalue weighted by Crippen LogP contribution is 2.20. The predicted octanol–water partition coefficient (Wildman–Crippen LogP) is 2.11. The molecule has 1 atom stereocenters. The lowest BCUT2D eigenvalue weighted by molar-refractivity contribution is 0.150. The highest BCUT2D eigenvalue weighted by atomic mass is 16.5. The van der Waals surface area contributed by atoms with Gasteiger partial charge in [-0.15, -0.1) is 0 Å². The Morgan fingerprint density at radius 2 is 2.38 bits per heavy atom. The summed E-state index contributed by atoms with van der Waals surface area (Å²) in [5.74, 6) is 1.63. The van der Waals surface area contributed by atoms with Crippen molar-refractivity contribution in [3.8, 4) is 11.5 Å². The van der Waals surface area contributed by atoms with E-state index in [9.17, 15) is 5.11 Å². The second-order valence-corrected chi connectivity index (χ2v) is 4.58. The molecule has 0 aromatic heterocycles. The molecule has 1 N–H and O–H groups in total. The first-order valence-electron chi connectivity index (χ1n) is 5.84. The molecule has 1 aliphatic heterocycles. The molecular formula is C13H19NO2. The van der Waals surface area contributed by atoms with Gasteiger partial charge in [-0.25, -0.2) is 0 Å². The van der Waals surface area contributed by atoms with Crippen molar-refractivity contribution in [2.24, 2.45) is 5.92 Å². The Kier molecular flexibility index (Phi) is 3.67. The lowest BCUT2D eigenvalue weighted by atomic mass is 10.00. The van der Waals surface area contributed by atoms with Crippen LogP contribution in [0.3, 0.4) is 0 Å². The molecule has 0 radical (unpaired) electrons. The molecule has 88 valence electrons. The summed E-state index contributed by atoms with van der Waals surface area (Å²) in [7, 11) is 2.15. The number of ether oxygens (including phenoxy) is 1. The molecule has 1 fully saturated rings. The fraction of sp³-hybridized carbons (Fsp3) is 0.538. The van der Waals surface area contributed by atoms with Gasteiger partial charge in [0.2, 0.25) is 0 Å². The summed E-state index contributed by atoms with van der Waals surface area (Å²) in [6.45, 7) is 3.05. The van der Waals surface area contributed by atoms with Crippen molar-refractivity contribution in [2.75, 3.05) is 26.7 Å². The molecule has 0 aliphatic carbocycles. The minimum atomic E-state index is 0.262. The molecule has 1 heterocycles. The molecule has 3 nitrogen and oxygen atoms in total. The van der Waals surface area contributed by atoms with Gasteiger partial charge in [0.15, 0.2) is 0 Å². The second kappa shape index (κ2) is 5.21. The Morgan fingerprint density at radius 3 is 3.12 bits per heavy atom. The summed E-state index contributed by atoms with van der Waals surface area (Å²) >= 11 is 0. The van der Waals surface area contributed by atoms with E-state index in [0.717, 1.165) is 18.9 Å². The Labute approximate surface area is 96.6 Å². The number of rotatable bonds is 3. The normalized spacial score (nSPS) is 21.9. The largest absolute Gasteiger partial charge is 0.508 e. The molecular weight excluding hydrogens is 202 g/mol. The molecule has 0 unspecified atom stereocenters. The zero-order valence-electron chi connectivity index (χ0n) is 9.72. The van der Waals surface area contributed by atoms with Gasteiger partial charge in [0.25, 0.3) is 0 Å². The van der Waals surface area contributed by atoms with Gasteiger partial charge in [0, 0.05) is 18.5 Å². The first-order chi connectivity index (χ1) is 7.74. The van der Waals surface area contributed by atoms with Crippen LogP contribution < -0.4 is 4.74 Å². The minimum absolute atomic E-state index is 0.262. The van der Waals surface area contributed by atoms with Gasteiger partial charge in [-0.2, -0.15) is 0 Å². The van der Waals surface area contributed by atoms with Crippen LogP contribution in [0.2, 0.25) is 0 Å². The van der Waals surface area contributed by atoms with Crippen LogP contribution in [-0.2, 0) is 0 Å². The summed E-state index contributed by atoms with van der Waals surface area (Å²) in [6.07, 6.45) is 2.49. The summed E-state index contributed by atoms with van der Waals surface area (Å²) in [6, 6.07) is 7.00. The molecule has 1 aliphatic rings. The van der Waals surface area contributed by atoms with Gasteiger partial charge >= 0.3 is 0 Å². The van der Waals surface area contributed by atoms with Crippen LogP contribution in [0.15, 0.2) is 24.3 Å². The van der Waals surface area contributed by atoms with Crippen LogP contribution in [0.25, 0.3) is 0 Å². The lowest BCUT2D eigenvalue weighted by Gasteiger charge is -2.29. The van der Waals surface area contributed by atoms with E-state index in [4.69, 9.17) is 4.74 Å². The number of hydrogen-bond donors (Lipinski definition) is 1. The first-order valence-corrected chi connectivity index (χ1v) is 5.84. The number of benzene rings is 1. The molecule has 0 bridgehead atoms. The van der Waals surface area contributed by atoms with Crippen LogP contribution in [-0.4, -0.2) is 36.8 Å². The van der Waals surface area contributed by atoms with E-state index in [0.29, 0.717) is 5.92 Å². The van der Waals surface area contributed by atoms with Crippen LogP contribution in [0.4, 0.5) is 0 Å². The van der Waals surface area contributed by atoms with Crippen molar-refractivity contribution < 1.29 is 9.84 Å². The van der Waals surface area contributed by atoms with E-state index in [2.05, 4.69) is 11.9 Å². The van der Waals surface area contributed by atoms with Crippen molar-refractivity contribution in [2.45, 2.75) is 12.8 Å². The SMILES string of the molecule is CN1CCC[C@H](COc2cccc(O)c2)C1. The number of nitrogens with zero attached hydrogens (tertiary/aromatic N) is 1. The van der Waals surface area contributed by atoms with Gasteiger partial charge in [0.1, 0.15) is 11.5 Å². The minimum Gasteiger partial charge on any atom is -0.508 e.